The SMILES string of the molecule is C=CC[N+](CC=C)(CCCCCC)Cc1c(OB(Oc2cc(F)c(F)c(F)c2)Oc2cc(F)c(F)c(F)c2)cc(F)c(F)c1F.Fc1c[c-]cc(F)c1F. The average Bonchev–Trinajstić information content (AvgIpc) is 3.11. The quantitative estimate of drug-likeness (QED) is 0.0203. The Labute approximate surface area is 303 Å². The minimum atomic E-state index is -2.35. The van der Waals surface area contributed by atoms with E-state index in [1.165, 1.54) is 0 Å². The van der Waals surface area contributed by atoms with Gasteiger partial charge in [-0.25, -0.2) is 43.9 Å². The van der Waals surface area contributed by atoms with Crippen molar-refractivity contribution in [2.45, 2.75) is 39.2 Å². The fourth-order valence-corrected chi connectivity index (χ4v) is 5.11. The van der Waals surface area contributed by atoms with E-state index in [0.717, 1.165) is 31.4 Å². The van der Waals surface area contributed by atoms with Crippen LogP contribution in [-0.4, -0.2) is 31.4 Å². The van der Waals surface area contributed by atoms with Crippen LogP contribution < -0.4 is 14.0 Å². The van der Waals surface area contributed by atoms with E-state index in [2.05, 4.69) is 19.2 Å². The maximum atomic E-state index is 15.5. The van der Waals surface area contributed by atoms with Gasteiger partial charge in [0, 0.05) is 42.0 Å². The number of rotatable bonds is 17. The highest BCUT2D eigenvalue weighted by atomic mass is 19.2. The highest BCUT2D eigenvalue weighted by molar-refractivity contribution is 6.39. The van der Waals surface area contributed by atoms with Crippen LogP contribution in [0.2, 0.25) is 0 Å². The van der Waals surface area contributed by atoms with Crippen molar-refractivity contribution in [3.05, 3.63) is 149 Å². The zero-order valence-corrected chi connectivity index (χ0v) is 28.6. The van der Waals surface area contributed by atoms with Crippen molar-refractivity contribution in [2.24, 2.45) is 0 Å². The van der Waals surface area contributed by atoms with Gasteiger partial charge in [0.2, 0.25) is 0 Å². The third-order valence-electron chi connectivity index (χ3n) is 7.68. The lowest BCUT2D eigenvalue weighted by Gasteiger charge is -2.38. The molecule has 4 rings (SSSR count). The molecule has 0 fully saturated rings. The predicted octanol–water partition coefficient (Wildman–Crippen LogP) is 10.6. The summed E-state index contributed by atoms with van der Waals surface area (Å²) in [6.07, 6.45) is 6.48. The molecule has 0 spiro atoms. The van der Waals surface area contributed by atoms with Gasteiger partial charge < -0.3 is 18.4 Å². The second kappa shape index (κ2) is 19.9. The molecule has 0 aliphatic carbocycles. The van der Waals surface area contributed by atoms with Gasteiger partial charge in [0.1, 0.15) is 23.8 Å². The molecule has 0 saturated carbocycles. The third-order valence-corrected chi connectivity index (χ3v) is 7.68. The highest BCUT2D eigenvalue weighted by Crippen LogP contribution is 2.32. The van der Waals surface area contributed by atoms with Crippen molar-refractivity contribution in [3.8, 4) is 17.2 Å². The number of halogens is 12. The highest BCUT2D eigenvalue weighted by Gasteiger charge is 2.37. The van der Waals surface area contributed by atoms with E-state index in [0.29, 0.717) is 43.3 Å². The summed E-state index contributed by atoms with van der Waals surface area (Å²) >= 11 is 0. The number of hydrogen-bond donors (Lipinski definition) is 0. The smallest absolute Gasteiger partial charge is 0.489 e. The first kappa shape index (κ1) is 43.4. The second-order valence-corrected chi connectivity index (χ2v) is 11.7. The molecule has 0 bridgehead atoms. The maximum Gasteiger partial charge on any atom is 0.864 e. The lowest BCUT2D eigenvalue weighted by Crippen LogP contribution is -2.48. The van der Waals surface area contributed by atoms with E-state index in [1.54, 1.807) is 12.2 Å². The summed E-state index contributed by atoms with van der Waals surface area (Å²) in [5.74, 6) is -21.9. The Morgan fingerprint density at radius 3 is 1.44 bits per heavy atom. The van der Waals surface area contributed by atoms with Crippen LogP contribution in [0.3, 0.4) is 0 Å². The molecule has 0 atom stereocenters. The van der Waals surface area contributed by atoms with E-state index >= 15 is 4.39 Å². The summed E-state index contributed by atoms with van der Waals surface area (Å²) in [6, 6.07) is 5.46. The van der Waals surface area contributed by atoms with Crippen molar-refractivity contribution >= 4 is 7.32 Å². The molecular formula is C37H32BF12NO3. The molecule has 4 aromatic carbocycles. The minimum Gasteiger partial charge on any atom is -0.489 e. The Hall–Kier alpha value is -5.06. The van der Waals surface area contributed by atoms with Gasteiger partial charge in [0.05, 0.1) is 31.0 Å². The Morgan fingerprint density at radius 1 is 0.574 bits per heavy atom. The van der Waals surface area contributed by atoms with Gasteiger partial charge in [0.25, 0.3) is 0 Å². The van der Waals surface area contributed by atoms with E-state index in [-0.39, 0.29) is 24.1 Å². The lowest BCUT2D eigenvalue weighted by atomic mass is 10.1. The van der Waals surface area contributed by atoms with Crippen LogP contribution in [0.5, 0.6) is 17.2 Å². The number of hydrogen-bond acceptors (Lipinski definition) is 3. The molecule has 290 valence electrons. The molecule has 17 heteroatoms. The molecule has 0 radical (unpaired) electrons. The summed E-state index contributed by atoms with van der Waals surface area (Å²) in [5.41, 5.74) is -0.516. The third kappa shape index (κ3) is 11.5. The molecule has 0 aromatic heterocycles. The van der Waals surface area contributed by atoms with Crippen molar-refractivity contribution in [3.63, 3.8) is 0 Å². The molecule has 0 N–H and O–H groups in total. The van der Waals surface area contributed by atoms with E-state index in [1.807, 2.05) is 6.92 Å². The Balaban J connectivity index is 0.000000759. The van der Waals surface area contributed by atoms with Gasteiger partial charge in [0.15, 0.2) is 52.4 Å². The van der Waals surface area contributed by atoms with Gasteiger partial charge in [-0.1, -0.05) is 32.9 Å². The number of benzene rings is 4. The van der Waals surface area contributed by atoms with Gasteiger partial charge >= 0.3 is 7.32 Å². The van der Waals surface area contributed by atoms with Crippen LogP contribution in [0.15, 0.2) is 67.8 Å². The molecule has 4 nitrogen and oxygen atoms in total. The van der Waals surface area contributed by atoms with E-state index in [4.69, 9.17) is 14.0 Å². The van der Waals surface area contributed by atoms with Gasteiger partial charge in [-0.3, -0.25) is 8.78 Å². The summed E-state index contributed by atoms with van der Waals surface area (Å²) in [5, 5.41) is 0. The summed E-state index contributed by atoms with van der Waals surface area (Å²) in [7, 11) is -2.35. The zero-order valence-electron chi connectivity index (χ0n) is 28.6. The molecule has 0 aliphatic rings. The van der Waals surface area contributed by atoms with Crippen molar-refractivity contribution in [2.75, 3.05) is 19.6 Å². The van der Waals surface area contributed by atoms with E-state index < -0.39 is 99.9 Å². The molecule has 0 saturated heterocycles. The van der Waals surface area contributed by atoms with Crippen LogP contribution in [-0.2, 0) is 6.54 Å². The van der Waals surface area contributed by atoms with Gasteiger partial charge in [-0.2, -0.15) is 6.07 Å². The topological polar surface area (TPSA) is 27.7 Å². The first-order chi connectivity index (χ1) is 25.6. The molecule has 0 amide bonds. The van der Waals surface area contributed by atoms with Crippen LogP contribution in [0, 0.1) is 75.9 Å². The van der Waals surface area contributed by atoms with Crippen LogP contribution in [0.25, 0.3) is 0 Å². The van der Waals surface area contributed by atoms with Gasteiger partial charge in [-0.15, -0.1) is 12.1 Å². The van der Waals surface area contributed by atoms with Crippen molar-refractivity contribution in [1.29, 1.82) is 0 Å². The second-order valence-electron chi connectivity index (χ2n) is 11.7. The number of nitrogens with zero attached hydrogens (tertiary/aromatic N) is 1. The zero-order chi connectivity index (χ0) is 40.2. The minimum absolute atomic E-state index is 0.0459. The standard InChI is InChI=1S/C31H30BF9NO3.C6H2F3/c1-4-7-8-9-12-42(10-5-2,11-6-3)18-21-27(17-26(37)31(41)28(21)38)45-32(43-19-13-22(33)29(39)23(34)14-19)44-20-15-24(35)30(40)25(36)16-20;7-4-2-1-3-5(8)6(4)9/h5-6,13-17H,2-4,7-12,18H2,1H3;2-3H/q+1;-1. The Kier molecular flexibility index (Phi) is 15.9. The molecule has 0 unspecified atom stereocenters. The first-order valence-electron chi connectivity index (χ1n) is 16.1. The summed E-state index contributed by atoms with van der Waals surface area (Å²) in [4.78, 5) is 0. The molecular weight excluding hydrogens is 745 g/mol. The monoisotopic (exact) mass is 777 g/mol. The van der Waals surface area contributed by atoms with Crippen LogP contribution in [0.1, 0.15) is 38.2 Å². The number of quaternary nitrogens is 1. The largest absolute Gasteiger partial charge is 0.864 e. The molecule has 0 aliphatic heterocycles. The number of unbranched alkanes of at least 4 members (excludes halogenated alkanes) is 3. The molecule has 0 heterocycles. The fraction of sp³-hybridized carbons (Fsp3) is 0.243. The maximum absolute atomic E-state index is 15.5. The summed E-state index contributed by atoms with van der Waals surface area (Å²) in [6.45, 7) is 10.1. The Morgan fingerprint density at radius 2 is 1.02 bits per heavy atom. The van der Waals surface area contributed by atoms with Gasteiger partial charge in [-0.05, 0) is 25.0 Å². The molecule has 4 aromatic rings. The van der Waals surface area contributed by atoms with Crippen molar-refractivity contribution < 1.29 is 71.1 Å². The summed E-state index contributed by atoms with van der Waals surface area (Å²) < 4.78 is 179. The average molecular weight is 777 g/mol. The lowest BCUT2D eigenvalue weighted by molar-refractivity contribution is -0.930. The van der Waals surface area contributed by atoms with Crippen LogP contribution >= 0.6 is 0 Å². The first-order valence-corrected chi connectivity index (χ1v) is 16.1. The molecule has 54 heavy (non-hydrogen) atoms. The fourth-order valence-electron chi connectivity index (χ4n) is 5.11. The van der Waals surface area contributed by atoms with Crippen molar-refractivity contribution in [1.82, 2.24) is 0 Å². The Bertz CT molecular complexity index is 1790. The normalized spacial score (nSPS) is 11.1. The van der Waals surface area contributed by atoms with E-state index in [9.17, 15) is 48.3 Å². The predicted molar refractivity (Wildman–Crippen MR) is 175 cm³/mol. The van der Waals surface area contributed by atoms with Crippen LogP contribution in [0.4, 0.5) is 52.7 Å².